The smallest absolute Gasteiger partial charge is 0.241 e. The first-order valence-electron chi connectivity index (χ1n) is 6.57. The van der Waals surface area contributed by atoms with Crippen molar-refractivity contribution in [3.8, 4) is 6.07 Å². The molecule has 4 heteroatoms. The number of hydrogen-bond acceptors (Lipinski definition) is 3. The van der Waals surface area contributed by atoms with Crippen LogP contribution in [0.1, 0.15) is 24.9 Å². The molecule has 1 amide bonds. The van der Waals surface area contributed by atoms with Gasteiger partial charge in [-0.2, -0.15) is 5.26 Å². The summed E-state index contributed by atoms with van der Waals surface area (Å²) in [5.74, 6) is 0.0617. The van der Waals surface area contributed by atoms with Gasteiger partial charge in [-0.15, -0.1) is 0 Å². The Balaban J connectivity index is 2.17. The van der Waals surface area contributed by atoms with Crippen molar-refractivity contribution < 1.29 is 4.79 Å². The summed E-state index contributed by atoms with van der Waals surface area (Å²) in [5.41, 5.74) is 1.14. The number of benzene rings is 1. The maximum atomic E-state index is 12.5. The molecule has 2 unspecified atom stereocenters. The second-order valence-electron chi connectivity index (χ2n) is 4.98. The summed E-state index contributed by atoms with van der Waals surface area (Å²) in [6.07, 6.45) is 0.257. The summed E-state index contributed by atoms with van der Waals surface area (Å²) in [6, 6.07) is 11.9. The van der Waals surface area contributed by atoms with Crippen LogP contribution in [0, 0.1) is 11.3 Å². The molecule has 1 aliphatic rings. The number of likely N-dealkylation sites (N-methyl/N-ethyl adjacent to an activating group) is 1. The van der Waals surface area contributed by atoms with Gasteiger partial charge in [0, 0.05) is 13.1 Å². The van der Waals surface area contributed by atoms with E-state index in [4.69, 9.17) is 5.26 Å². The van der Waals surface area contributed by atoms with Crippen molar-refractivity contribution in [1.82, 2.24) is 9.80 Å². The van der Waals surface area contributed by atoms with Gasteiger partial charge in [0.25, 0.3) is 0 Å². The molecule has 19 heavy (non-hydrogen) atoms. The van der Waals surface area contributed by atoms with Gasteiger partial charge in [-0.05, 0) is 19.5 Å². The van der Waals surface area contributed by atoms with Crippen molar-refractivity contribution in [1.29, 1.82) is 5.26 Å². The lowest BCUT2D eigenvalue weighted by Gasteiger charge is -2.41. The Hall–Kier alpha value is -1.86. The number of nitriles is 1. The third kappa shape index (κ3) is 2.77. The molecule has 1 saturated heterocycles. The second-order valence-corrected chi connectivity index (χ2v) is 4.98. The van der Waals surface area contributed by atoms with Crippen molar-refractivity contribution in [2.24, 2.45) is 0 Å². The minimum absolute atomic E-state index is 0.0589. The lowest BCUT2D eigenvalue weighted by atomic mass is 10.0. The Morgan fingerprint density at radius 2 is 2.05 bits per heavy atom. The predicted octanol–water partition coefficient (Wildman–Crippen LogP) is 1.80. The topological polar surface area (TPSA) is 47.3 Å². The number of rotatable bonds is 3. The molecule has 0 N–H and O–H groups in total. The first-order chi connectivity index (χ1) is 9.15. The van der Waals surface area contributed by atoms with E-state index < -0.39 is 0 Å². The summed E-state index contributed by atoms with van der Waals surface area (Å²) in [4.78, 5) is 16.3. The average molecular weight is 257 g/mol. The van der Waals surface area contributed by atoms with Gasteiger partial charge in [-0.3, -0.25) is 9.69 Å². The van der Waals surface area contributed by atoms with Crippen LogP contribution in [0.15, 0.2) is 30.3 Å². The highest BCUT2D eigenvalue weighted by Crippen LogP contribution is 2.24. The number of amides is 1. The Morgan fingerprint density at radius 3 is 2.68 bits per heavy atom. The first-order valence-corrected chi connectivity index (χ1v) is 6.57. The van der Waals surface area contributed by atoms with E-state index in [0.717, 1.165) is 12.1 Å². The molecule has 0 spiro atoms. The van der Waals surface area contributed by atoms with E-state index in [-0.39, 0.29) is 24.4 Å². The molecule has 1 aromatic carbocycles. The quantitative estimate of drug-likeness (QED) is 0.829. The monoisotopic (exact) mass is 257 g/mol. The van der Waals surface area contributed by atoms with Crippen LogP contribution in [-0.4, -0.2) is 41.9 Å². The fourth-order valence-electron chi connectivity index (χ4n) is 2.54. The highest BCUT2D eigenvalue weighted by Gasteiger charge is 2.34. The van der Waals surface area contributed by atoms with E-state index in [9.17, 15) is 4.79 Å². The van der Waals surface area contributed by atoms with Crippen LogP contribution in [-0.2, 0) is 4.79 Å². The van der Waals surface area contributed by atoms with Gasteiger partial charge in [-0.1, -0.05) is 30.3 Å². The van der Waals surface area contributed by atoms with Crippen molar-refractivity contribution in [3.63, 3.8) is 0 Å². The summed E-state index contributed by atoms with van der Waals surface area (Å²) in [7, 11) is 1.91. The second kappa shape index (κ2) is 5.85. The van der Waals surface area contributed by atoms with Crippen LogP contribution in [0.2, 0.25) is 0 Å². The van der Waals surface area contributed by atoms with E-state index >= 15 is 0 Å². The van der Waals surface area contributed by atoms with Crippen molar-refractivity contribution >= 4 is 5.91 Å². The van der Waals surface area contributed by atoms with Gasteiger partial charge in [0.05, 0.1) is 18.5 Å². The highest BCUT2D eigenvalue weighted by atomic mass is 16.2. The van der Waals surface area contributed by atoms with Crippen molar-refractivity contribution in [2.45, 2.75) is 25.4 Å². The zero-order chi connectivity index (χ0) is 13.8. The molecular weight excluding hydrogens is 238 g/mol. The van der Waals surface area contributed by atoms with Crippen LogP contribution < -0.4 is 0 Å². The van der Waals surface area contributed by atoms with E-state index in [1.807, 2.05) is 54.1 Å². The number of carbonyl (C=O) groups is 1. The predicted molar refractivity (Wildman–Crippen MR) is 73.2 cm³/mol. The van der Waals surface area contributed by atoms with Crippen LogP contribution >= 0.6 is 0 Å². The fourth-order valence-corrected chi connectivity index (χ4v) is 2.54. The summed E-state index contributed by atoms with van der Waals surface area (Å²) >= 11 is 0. The summed E-state index contributed by atoms with van der Waals surface area (Å²) < 4.78 is 0. The third-order valence-electron chi connectivity index (χ3n) is 3.83. The van der Waals surface area contributed by atoms with Crippen LogP contribution in [0.4, 0.5) is 0 Å². The zero-order valence-electron chi connectivity index (χ0n) is 11.4. The van der Waals surface area contributed by atoms with Crippen LogP contribution in [0.3, 0.4) is 0 Å². The summed E-state index contributed by atoms with van der Waals surface area (Å²) in [6.45, 7) is 3.57. The lowest BCUT2D eigenvalue weighted by Crippen LogP contribution is -2.55. The minimum atomic E-state index is -0.301. The largest absolute Gasteiger partial charge is 0.333 e. The SMILES string of the molecule is CC(c1ccccc1)N1CCN(C)C(CC#N)C1=O. The zero-order valence-corrected chi connectivity index (χ0v) is 11.4. The first kappa shape index (κ1) is 13.6. The average Bonchev–Trinajstić information content (AvgIpc) is 2.44. The Bertz CT molecular complexity index is 480. The molecule has 2 rings (SSSR count). The highest BCUT2D eigenvalue weighted by molar-refractivity contribution is 5.83. The maximum Gasteiger partial charge on any atom is 0.241 e. The molecule has 0 bridgehead atoms. The number of nitrogens with zero attached hydrogens (tertiary/aromatic N) is 3. The maximum absolute atomic E-state index is 12.5. The van der Waals surface area contributed by atoms with Gasteiger partial charge in [0.15, 0.2) is 0 Å². The normalized spacial score (nSPS) is 22.1. The molecule has 1 heterocycles. The third-order valence-corrected chi connectivity index (χ3v) is 3.83. The molecule has 1 fully saturated rings. The van der Waals surface area contributed by atoms with E-state index in [1.54, 1.807) is 0 Å². The van der Waals surface area contributed by atoms with Crippen LogP contribution in [0.5, 0.6) is 0 Å². The van der Waals surface area contributed by atoms with Crippen molar-refractivity contribution in [3.05, 3.63) is 35.9 Å². The van der Waals surface area contributed by atoms with Gasteiger partial charge >= 0.3 is 0 Å². The molecule has 1 aromatic rings. The van der Waals surface area contributed by atoms with Gasteiger partial charge in [0.1, 0.15) is 6.04 Å². The molecule has 2 atom stereocenters. The Morgan fingerprint density at radius 1 is 1.37 bits per heavy atom. The van der Waals surface area contributed by atoms with Gasteiger partial charge in [0.2, 0.25) is 5.91 Å². The van der Waals surface area contributed by atoms with E-state index in [0.29, 0.717) is 6.54 Å². The Kier molecular flexibility index (Phi) is 4.18. The number of hydrogen-bond donors (Lipinski definition) is 0. The van der Waals surface area contributed by atoms with Crippen molar-refractivity contribution in [2.75, 3.05) is 20.1 Å². The molecule has 0 radical (unpaired) electrons. The molecule has 100 valence electrons. The standard InChI is InChI=1S/C15H19N3O/c1-12(13-6-4-3-5-7-13)18-11-10-17(2)14(8-9-16)15(18)19/h3-7,12,14H,8,10-11H2,1-2H3. The van der Waals surface area contributed by atoms with E-state index in [2.05, 4.69) is 6.07 Å². The molecule has 4 nitrogen and oxygen atoms in total. The molecule has 1 aliphatic heterocycles. The fraction of sp³-hybridized carbons (Fsp3) is 0.467. The minimum Gasteiger partial charge on any atom is -0.333 e. The molecule has 0 aromatic heterocycles. The lowest BCUT2D eigenvalue weighted by molar-refractivity contribution is -0.143. The molecular formula is C15H19N3O. The number of carbonyl (C=O) groups excluding carboxylic acids is 1. The van der Waals surface area contributed by atoms with Gasteiger partial charge in [-0.25, -0.2) is 0 Å². The molecule has 0 aliphatic carbocycles. The van der Waals surface area contributed by atoms with Crippen LogP contribution in [0.25, 0.3) is 0 Å². The van der Waals surface area contributed by atoms with E-state index in [1.165, 1.54) is 0 Å². The summed E-state index contributed by atoms with van der Waals surface area (Å²) in [5, 5.41) is 8.85. The van der Waals surface area contributed by atoms with Gasteiger partial charge < -0.3 is 4.90 Å². The number of piperazine rings is 1. The molecule has 0 saturated carbocycles. The Labute approximate surface area is 114 Å².